The van der Waals surface area contributed by atoms with Crippen LogP contribution in [0.4, 0.5) is 0 Å². The summed E-state index contributed by atoms with van der Waals surface area (Å²) >= 11 is 5.92. The van der Waals surface area contributed by atoms with Crippen LogP contribution in [0.3, 0.4) is 0 Å². The zero-order valence-corrected chi connectivity index (χ0v) is 10.8. The Balaban J connectivity index is 1.91. The zero-order valence-electron chi connectivity index (χ0n) is 10.1. The van der Waals surface area contributed by atoms with Gasteiger partial charge in [-0.2, -0.15) is 0 Å². The van der Waals surface area contributed by atoms with Crippen molar-refractivity contribution in [3.8, 4) is 0 Å². The van der Waals surface area contributed by atoms with E-state index in [0.29, 0.717) is 0 Å². The maximum absolute atomic E-state index is 5.92. The molecule has 1 aromatic carbocycles. The van der Waals surface area contributed by atoms with Crippen molar-refractivity contribution >= 4 is 11.6 Å². The molecule has 0 radical (unpaired) electrons. The minimum absolute atomic E-state index is 0.783. The van der Waals surface area contributed by atoms with Crippen LogP contribution in [-0.4, -0.2) is 0 Å². The monoisotopic (exact) mass is 236 g/mol. The Morgan fingerprint density at radius 2 is 1.69 bits per heavy atom. The van der Waals surface area contributed by atoms with Gasteiger partial charge in [0.2, 0.25) is 0 Å². The number of hydrogen-bond donors (Lipinski definition) is 0. The Morgan fingerprint density at radius 3 is 2.25 bits per heavy atom. The molecule has 0 heterocycles. The van der Waals surface area contributed by atoms with Gasteiger partial charge in [0.05, 0.1) is 0 Å². The SMILES string of the molecule is CCC[C@H]1CC[C@H](c2ccc(Cl)cc2)CC1. The van der Waals surface area contributed by atoms with Crippen molar-refractivity contribution in [1.29, 1.82) is 0 Å². The molecule has 2 rings (SSSR count). The van der Waals surface area contributed by atoms with Crippen LogP contribution in [0, 0.1) is 5.92 Å². The molecular formula is C15H21Cl. The highest BCUT2D eigenvalue weighted by Crippen LogP contribution is 2.37. The topological polar surface area (TPSA) is 0 Å². The maximum Gasteiger partial charge on any atom is 0.0406 e. The van der Waals surface area contributed by atoms with Gasteiger partial charge in [0.15, 0.2) is 0 Å². The fraction of sp³-hybridized carbons (Fsp3) is 0.600. The van der Waals surface area contributed by atoms with E-state index in [4.69, 9.17) is 11.6 Å². The van der Waals surface area contributed by atoms with Crippen LogP contribution >= 0.6 is 11.6 Å². The number of benzene rings is 1. The molecule has 0 N–H and O–H groups in total. The summed E-state index contributed by atoms with van der Waals surface area (Å²) in [5.74, 6) is 1.78. The molecule has 0 nitrogen and oxygen atoms in total. The molecule has 0 atom stereocenters. The Bertz CT molecular complexity index is 307. The summed E-state index contributed by atoms with van der Waals surface area (Å²) in [6.45, 7) is 2.30. The van der Waals surface area contributed by atoms with Crippen molar-refractivity contribution in [3.63, 3.8) is 0 Å². The summed E-state index contributed by atoms with van der Waals surface area (Å²) < 4.78 is 0. The fourth-order valence-corrected chi connectivity index (χ4v) is 3.05. The standard InChI is InChI=1S/C15H21Cl/c1-2-3-12-4-6-13(7-5-12)14-8-10-15(16)11-9-14/h8-13H,2-7H2,1H3/t12-,13-. The van der Waals surface area contributed by atoms with Crippen molar-refractivity contribution in [2.24, 2.45) is 5.92 Å². The Morgan fingerprint density at radius 1 is 1.06 bits per heavy atom. The molecular weight excluding hydrogens is 216 g/mol. The summed E-state index contributed by atoms with van der Waals surface area (Å²) in [7, 11) is 0. The average Bonchev–Trinajstić information content (AvgIpc) is 2.32. The first-order valence-corrected chi connectivity index (χ1v) is 6.93. The van der Waals surface area contributed by atoms with Gasteiger partial charge in [0, 0.05) is 5.02 Å². The van der Waals surface area contributed by atoms with Gasteiger partial charge in [-0.3, -0.25) is 0 Å². The van der Waals surface area contributed by atoms with E-state index in [1.165, 1.54) is 44.1 Å². The maximum atomic E-state index is 5.92. The summed E-state index contributed by atoms with van der Waals surface area (Å²) in [6, 6.07) is 8.45. The molecule has 0 unspecified atom stereocenters. The molecule has 0 bridgehead atoms. The molecule has 0 amide bonds. The molecule has 1 aliphatic rings. The second kappa shape index (κ2) is 5.72. The van der Waals surface area contributed by atoms with Gasteiger partial charge in [-0.05, 0) is 55.2 Å². The number of rotatable bonds is 3. The highest BCUT2D eigenvalue weighted by molar-refractivity contribution is 6.30. The van der Waals surface area contributed by atoms with E-state index in [2.05, 4.69) is 19.1 Å². The number of hydrogen-bond acceptors (Lipinski definition) is 0. The summed E-state index contributed by atoms with van der Waals surface area (Å²) in [5.41, 5.74) is 1.49. The average molecular weight is 237 g/mol. The first kappa shape index (κ1) is 12.0. The van der Waals surface area contributed by atoms with Gasteiger partial charge in [-0.25, -0.2) is 0 Å². The zero-order chi connectivity index (χ0) is 11.4. The van der Waals surface area contributed by atoms with Gasteiger partial charge in [0.1, 0.15) is 0 Å². The lowest BCUT2D eigenvalue weighted by Gasteiger charge is -2.28. The molecule has 1 aromatic rings. The third-order valence-corrected chi connectivity index (χ3v) is 4.14. The Hall–Kier alpha value is -0.490. The minimum atomic E-state index is 0.783. The smallest absolute Gasteiger partial charge is 0.0406 e. The first-order valence-electron chi connectivity index (χ1n) is 6.55. The van der Waals surface area contributed by atoms with E-state index in [0.717, 1.165) is 16.9 Å². The van der Waals surface area contributed by atoms with Crippen LogP contribution in [0.2, 0.25) is 5.02 Å². The molecule has 0 aliphatic heterocycles. The second-order valence-corrected chi connectivity index (χ2v) is 5.49. The molecule has 0 saturated heterocycles. The van der Waals surface area contributed by atoms with Crippen molar-refractivity contribution < 1.29 is 0 Å². The molecule has 0 aromatic heterocycles. The molecule has 88 valence electrons. The van der Waals surface area contributed by atoms with Crippen LogP contribution in [0.15, 0.2) is 24.3 Å². The van der Waals surface area contributed by atoms with Crippen molar-refractivity contribution in [2.45, 2.75) is 51.4 Å². The molecule has 1 aliphatic carbocycles. The van der Waals surface area contributed by atoms with Crippen LogP contribution in [0.1, 0.15) is 56.9 Å². The van der Waals surface area contributed by atoms with E-state index in [9.17, 15) is 0 Å². The molecule has 1 saturated carbocycles. The number of halogens is 1. The lowest BCUT2D eigenvalue weighted by atomic mass is 9.77. The van der Waals surface area contributed by atoms with E-state index in [1.807, 2.05) is 12.1 Å². The predicted octanol–water partition coefficient (Wildman–Crippen LogP) is 5.41. The minimum Gasteiger partial charge on any atom is -0.0843 e. The van der Waals surface area contributed by atoms with Gasteiger partial charge in [-0.1, -0.05) is 43.5 Å². The molecule has 16 heavy (non-hydrogen) atoms. The van der Waals surface area contributed by atoms with Gasteiger partial charge >= 0.3 is 0 Å². The molecule has 1 fully saturated rings. The first-order chi connectivity index (χ1) is 7.79. The van der Waals surface area contributed by atoms with E-state index >= 15 is 0 Å². The van der Waals surface area contributed by atoms with Crippen molar-refractivity contribution in [1.82, 2.24) is 0 Å². The van der Waals surface area contributed by atoms with E-state index < -0.39 is 0 Å². The van der Waals surface area contributed by atoms with E-state index in [1.54, 1.807) is 0 Å². The fourth-order valence-electron chi connectivity index (χ4n) is 2.93. The third-order valence-electron chi connectivity index (χ3n) is 3.89. The van der Waals surface area contributed by atoms with Crippen molar-refractivity contribution in [3.05, 3.63) is 34.9 Å². The van der Waals surface area contributed by atoms with E-state index in [-0.39, 0.29) is 0 Å². The lowest BCUT2D eigenvalue weighted by Crippen LogP contribution is -2.13. The lowest BCUT2D eigenvalue weighted by molar-refractivity contribution is 0.308. The van der Waals surface area contributed by atoms with Gasteiger partial charge in [0.25, 0.3) is 0 Å². The van der Waals surface area contributed by atoms with Crippen LogP contribution in [0.25, 0.3) is 0 Å². The third kappa shape index (κ3) is 3.01. The quantitative estimate of drug-likeness (QED) is 0.658. The molecule has 1 heteroatoms. The predicted molar refractivity (Wildman–Crippen MR) is 71.1 cm³/mol. The summed E-state index contributed by atoms with van der Waals surface area (Å²) in [5, 5.41) is 0.850. The van der Waals surface area contributed by atoms with Gasteiger partial charge in [-0.15, -0.1) is 0 Å². The highest BCUT2D eigenvalue weighted by Gasteiger charge is 2.21. The summed E-state index contributed by atoms with van der Waals surface area (Å²) in [6.07, 6.45) is 8.34. The second-order valence-electron chi connectivity index (χ2n) is 5.06. The van der Waals surface area contributed by atoms with Gasteiger partial charge < -0.3 is 0 Å². The Kier molecular flexibility index (Phi) is 4.29. The Labute approximate surface area is 104 Å². The largest absolute Gasteiger partial charge is 0.0843 e. The highest BCUT2D eigenvalue weighted by atomic mass is 35.5. The van der Waals surface area contributed by atoms with Crippen LogP contribution in [0.5, 0.6) is 0 Å². The van der Waals surface area contributed by atoms with Crippen LogP contribution < -0.4 is 0 Å². The summed E-state index contributed by atoms with van der Waals surface area (Å²) in [4.78, 5) is 0. The van der Waals surface area contributed by atoms with Crippen molar-refractivity contribution in [2.75, 3.05) is 0 Å². The molecule has 0 spiro atoms. The van der Waals surface area contributed by atoms with Crippen LogP contribution in [-0.2, 0) is 0 Å². The normalized spacial score (nSPS) is 25.6.